The van der Waals surface area contributed by atoms with E-state index in [1.165, 1.54) is 11.3 Å². The highest BCUT2D eigenvalue weighted by Gasteiger charge is 2.18. The van der Waals surface area contributed by atoms with Crippen molar-refractivity contribution >= 4 is 28.9 Å². The summed E-state index contributed by atoms with van der Waals surface area (Å²) in [5, 5.41) is 3.40. The number of nitrogens with zero attached hydrogens (tertiary/aromatic N) is 1. The van der Waals surface area contributed by atoms with E-state index in [9.17, 15) is 4.79 Å². The zero-order valence-electron chi connectivity index (χ0n) is 13.7. The molecular formula is C19H21ClN2O2. The van der Waals surface area contributed by atoms with E-state index in [0.29, 0.717) is 17.2 Å². The van der Waals surface area contributed by atoms with Crippen LogP contribution >= 0.6 is 11.6 Å². The molecule has 0 spiro atoms. The van der Waals surface area contributed by atoms with Gasteiger partial charge in [-0.2, -0.15) is 0 Å². The molecule has 1 heterocycles. The van der Waals surface area contributed by atoms with Crippen LogP contribution in [-0.2, 0) is 11.2 Å². The first kappa shape index (κ1) is 16.8. The van der Waals surface area contributed by atoms with Crippen molar-refractivity contribution in [1.82, 2.24) is 0 Å². The Morgan fingerprint density at radius 1 is 1.29 bits per heavy atom. The number of carbonyl (C=O) groups excluding carboxylic acids is 1. The van der Waals surface area contributed by atoms with Crippen LogP contribution in [0.25, 0.3) is 0 Å². The molecule has 0 saturated heterocycles. The number of aryl methyl sites for hydroxylation is 1. The standard InChI is InChI=1S/C19H21ClN2O2/c1-24-12-11-22-10-4-5-14-8-9-15(13-18(14)22)21-19(23)16-6-2-3-7-17(16)20/h2-3,6-9,13H,4-5,10-12H2,1H3,(H,21,23). The summed E-state index contributed by atoms with van der Waals surface area (Å²) in [5.74, 6) is -0.195. The molecule has 1 amide bonds. The Hall–Kier alpha value is -2.04. The van der Waals surface area contributed by atoms with Gasteiger partial charge in [-0.25, -0.2) is 0 Å². The number of anilines is 2. The molecule has 3 rings (SSSR count). The molecule has 0 radical (unpaired) electrons. The minimum absolute atomic E-state index is 0.195. The van der Waals surface area contributed by atoms with Gasteiger partial charge in [-0.05, 0) is 42.7 Å². The molecule has 0 bridgehead atoms. The van der Waals surface area contributed by atoms with E-state index in [4.69, 9.17) is 16.3 Å². The number of carbonyl (C=O) groups is 1. The lowest BCUT2D eigenvalue weighted by Crippen LogP contribution is -2.32. The average Bonchev–Trinajstić information content (AvgIpc) is 2.60. The van der Waals surface area contributed by atoms with Gasteiger partial charge in [0.15, 0.2) is 0 Å². The summed E-state index contributed by atoms with van der Waals surface area (Å²) in [6.45, 7) is 2.55. The molecule has 0 unspecified atom stereocenters. The molecule has 0 aliphatic carbocycles. The van der Waals surface area contributed by atoms with Gasteiger partial charge in [0, 0.05) is 31.6 Å². The van der Waals surface area contributed by atoms with E-state index in [1.54, 1.807) is 25.3 Å². The minimum atomic E-state index is -0.195. The first-order chi connectivity index (χ1) is 11.7. The van der Waals surface area contributed by atoms with Gasteiger partial charge in [-0.15, -0.1) is 0 Å². The molecule has 0 saturated carbocycles. The predicted octanol–water partition coefficient (Wildman–Crippen LogP) is 3.99. The summed E-state index contributed by atoms with van der Waals surface area (Å²) in [4.78, 5) is 14.7. The van der Waals surface area contributed by atoms with Gasteiger partial charge in [-0.3, -0.25) is 4.79 Å². The average molecular weight is 345 g/mol. The van der Waals surface area contributed by atoms with Gasteiger partial charge < -0.3 is 15.0 Å². The molecule has 1 aliphatic heterocycles. The van der Waals surface area contributed by atoms with E-state index in [0.717, 1.165) is 31.6 Å². The van der Waals surface area contributed by atoms with E-state index in [2.05, 4.69) is 16.3 Å². The van der Waals surface area contributed by atoms with Crippen molar-refractivity contribution in [3.8, 4) is 0 Å². The second-order valence-corrected chi connectivity index (χ2v) is 6.27. The number of ether oxygens (including phenoxy) is 1. The van der Waals surface area contributed by atoms with Crippen LogP contribution in [0.5, 0.6) is 0 Å². The maximum Gasteiger partial charge on any atom is 0.257 e. The van der Waals surface area contributed by atoms with Crippen molar-refractivity contribution in [2.75, 3.05) is 37.0 Å². The van der Waals surface area contributed by atoms with Gasteiger partial charge in [0.05, 0.1) is 17.2 Å². The fourth-order valence-corrected chi connectivity index (χ4v) is 3.23. The normalized spacial score (nSPS) is 13.5. The largest absolute Gasteiger partial charge is 0.383 e. The Labute approximate surface area is 147 Å². The van der Waals surface area contributed by atoms with Gasteiger partial charge in [-0.1, -0.05) is 29.8 Å². The molecule has 2 aromatic carbocycles. The smallest absolute Gasteiger partial charge is 0.257 e. The van der Waals surface area contributed by atoms with Crippen LogP contribution in [0.15, 0.2) is 42.5 Å². The van der Waals surface area contributed by atoms with Crippen LogP contribution in [0.2, 0.25) is 5.02 Å². The summed E-state index contributed by atoms with van der Waals surface area (Å²) in [6.07, 6.45) is 2.21. The number of rotatable bonds is 5. The molecule has 0 aromatic heterocycles. The lowest BCUT2D eigenvalue weighted by Gasteiger charge is -2.31. The molecule has 4 nitrogen and oxygen atoms in total. The number of nitrogens with one attached hydrogen (secondary N) is 1. The topological polar surface area (TPSA) is 41.6 Å². The molecule has 0 atom stereocenters. The van der Waals surface area contributed by atoms with Gasteiger partial charge in [0.25, 0.3) is 5.91 Å². The van der Waals surface area contributed by atoms with E-state index >= 15 is 0 Å². The zero-order chi connectivity index (χ0) is 16.9. The van der Waals surface area contributed by atoms with E-state index in [-0.39, 0.29) is 5.91 Å². The SMILES string of the molecule is COCCN1CCCc2ccc(NC(=O)c3ccccc3Cl)cc21. The van der Waals surface area contributed by atoms with Crippen molar-refractivity contribution in [2.24, 2.45) is 0 Å². The first-order valence-corrected chi connectivity index (χ1v) is 8.49. The van der Waals surface area contributed by atoms with Crippen LogP contribution in [0, 0.1) is 0 Å². The molecule has 5 heteroatoms. The third-order valence-electron chi connectivity index (χ3n) is 4.24. The molecule has 2 aromatic rings. The monoisotopic (exact) mass is 344 g/mol. The van der Waals surface area contributed by atoms with Gasteiger partial charge >= 0.3 is 0 Å². The summed E-state index contributed by atoms with van der Waals surface area (Å²) in [5.41, 5.74) is 3.75. The van der Waals surface area contributed by atoms with E-state index in [1.807, 2.05) is 18.2 Å². The van der Waals surface area contributed by atoms with Gasteiger partial charge in [0.2, 0.25) is 0 Å². The molecular weight excluding hydrogens is 324 g/mol. The third kappa shape index (κ3) is 3.71. The Bertz CT molecular complexity index is 733. The number of methoxy groups -OCH3 is 1. The number of hydrogen-bond donors (Lipinski definition) is 1. The third-order valence-corrected chi connectivity index (χ3v) is 4.57. The first-order valence-electron chi connectivity index (χ1n) is 8.12. The fourth-order valence-electron chi connectivity index (χ4n) is 3.01. The predicted molar refractivity (Wildman–Crippen MR) is 98.3 cm³/mol. The van der Waals surface area contributed by atoms with Crippen molar-refractivity contribution in [1.29, 1.82) is 0 Å². The second-order valence-electron chi connectivity index (χ2n) is 5.86. The number of halogens is 1. The number of hydrogen-bond acceptors (Lipinski definition) is 3. The minimum Gasteiger partial charge on any atom is -0.383 e. The summed E-state index contributed by atoms with van der Waals surface area (Å²) in [7, 11) is 1.71. The molecule has 24 heavy (non-hydrogen) atoms. The number of amides is 1. The van der Waals surface area contributed by atoms with Crippen LogP contribution in [-0.4, -0.2) is 32.7 Å². The Morgan fingerprint density at radius 3 is 2.92 bits per heavy atom. The lowest BCUT2D eigenvalue weighted by molar-refractivity contribution is 0.102. The second kappa shape index (κ2) is 7.69. The highest BCUT2D eigenvalue weighted by molar-refractivity contribution is 6.34. The van der Waals surface area contributed by atoms with Crippen molar-refractivity contribution in [3.05, 3.63) is 58.6 Å². The van der Waals surface area contributed by atoms with Crippen LogP contribution in [0.4, 0.5) is 11.4 Å². The van der Waals surface area contributed by atoms with Gasteiger partial charge in [0.1, 0.15) is 0 Å². The summed E-state index contributed by atoms with van der Waals surface area (Å²) < 4.78 is 5.20. The molecule has 1 N–H and O–H groups in total. The maximum absolute atomic E-state index is 12.4. The highest BCUT2D eigenvalue weighted by atomic mass is 35.5. The Morgan fingerprint density at radius 2 is 2.12 bits per heavy atom. The highest BCUT2D eigenvalue weighted by Crippen LogP contribution is 2.30. The number of benzene rings is 2. The lowest BCUT2D eigenvalue weighted by atomic mass is 10.0. The molecule has 0 fully saturated rings. The van der Waals surface area contributed by atoms with Crippen molar-refractivity contribution < 1.29 is 9.53 Å². The van der Waals surface area contributed by atoms with E-state index < -0.39 is 0 Å². The van der Waals surface area contributed by atoms with Crippen LogP contribution in [0.3, 0.4) is 0 Å². The Balaban J connectivity index is 1.80. The van der Waals surface area contributed by atoms with Crippen LogP contribution < -0.4 is 10.2 Å². The maximum atomic E-state index is 12.4. The molecule has 1 aliphatic rings. The summed E-state index contributed by atoms with van der Waals surface area (Å²) >= 11 is 6.10. The number of fused-ring (bicyclic) bond motifs is 1. The van der Waals surface area contributed by atoms with Crippen LogP contribution in [0.1, 0.15) is 22.3 Å². The van der Waals surface area contributed by atoms with Crippen molar-refractivity contribution in [2.45, 2.75) is 12.8 Å². The fraction of sp³-hybridized carbons (Fsp3) is 0.316. The Kier molecular flexibility index (Phi) is 5.38. The quantitative estimate of drug-likeness (QED) is 0.891. The molecule has 126 valence electrons. The zero-order valence-corrected chi connectivity index (χ0v) is 14.5. The summed E-state index contributed by atoms with van der Waals surface area (Å²) in [6, 6.07) is 13.1. The van der Waals surface area contributed by atoms with Crippen molar-refractivity contribution in [3.63, 3.8) is 0 Å².